The highest BCUT2D eigenvalue weighted by Crippen LogP contribution is 2.41. The molecule has 0 N–H and O–H groups in total. The smallest absolute Gasteiger partial charge is 0.146 e. The molecule has 0 radical (unpaired) electrons. The molecule has 0 atom stereocenters. The zero-order valence-corrected chi connectivity index (χ0v) is 26.3. The number of aromatic nitrogens is 2. The Balaban J connectivity index is 1.16. The Hall–Kier alpha value is -6.19. The van der Waals surface area contributed by atoms with Crippen LogP contribution in [0.15, 0.2) is 164 Å². The van der Waals surface area contributed by atoms with E-state index in [1.165, 1.54) is 60.4 Å². The van der Waals surface area contributed by atoms with Gasteiger partial charge in [0, 0.05) is 38.8 Å². The number of pyridine rings is 1. The highest BCUT2D eigenvalue weighted by Gasteiger charge is 2.21. The first-order valence-corrected chi connectivity index (χ1v) is 16.7. The van der Waals surface area contributed by atoms with Crippen molar-refractivity contribution in [2.24, 2.45) is 0 Å². The molecular formula is C45H31N3. The molecule has 0 saturated heterocycles. The molecule has 1 aliphatic rings. The number of anilines is 2. The van der Waals surface area contributed by atoms with Crippen LogP contribution in [-0.4, -0.2) is 9.38 Å². The first kappa shape index (κ1) is 27.0. The number of hydrogen-bond acceptors (Lipinski definition) is 2. The van der Waals surface area contributed by atoms with Crippen LogP contribution in [0.3, 0.4) is 0 Å². The number of rotatable bonds is 4. The monoisotopic (exact) mass is 613 g/mol. The van der Waals surface area contributed by atoms with Crippen molar-refractivity contribution in [2.45, 2.75) is 12.8 Å². The summed E-state index contributed by atoms with van der Waals surface area (Å²) < 4.78 is 2.35. The molecule has 3 nitrogen and oxygen atoms in total. The number of benzene rings is 7. The van der Waals surface area contributed by atoms with Gasteiger partial charge in [0.25, 0.3) is 0 Å². The minimum atomic E-state index is 0.997. The third kappa shape index (κ3) is 4.11. The summed E-state index contributed by atoms with van der Waals surface area (Å²) in [6, 6.07) is 57.2. The van der Waals surface area contributed by atoms with Crippen LogP contribution in [0.5, 0.6) is 0 Å². The number of nitrogens with zero attached hydrogens (tertiary/aromatic N) is 3. The molecule has 10 rings (SSSR count). The second kappa shape index (κ2) is 10.7. The molecule has 0 bridgehead atoms. The van der Waals surface area contributed by atoms with Gasteiger partial charge in [-0.1, -0.05) is 115 Å². The molecule has 3 heteroatoms. The van der Waals surface area contributed by atoms with E-state index in [9.17, 15) is 0 Å². The Bertz CT molecular complexity index is 2720. The Morgan fingerprint density at radius 3 is 2.19 bits per heavy atom. The van der Waals surface area contributed by atoms with Crippen molar-refractivity contribution in [2.75, 3.05) is 4.90 Å². The molecule has 7 aromatic carbocycles. The predicted molar refractivity (Wildman–Crippen MR) is 202 cm³/mol. The maximum absolute atomic E-state index is 5.18. The van der Waals surface area contributed by atoms with Gasteiger partial charge in [0.2, 0.25) is 0 Å². The van der Waals surface area contributed by atoms with Crippen LogP contribution in [0.1, 0.15) is 17.5 Å². The van der Waals surface area contributed by atoms with E-state index in [0.717, 1.165) is 40.9 Å². The molecule has 0 unspecified atom stereocenters. The van der Waals surface area contributed by atoms with E-state index in [1.54, 1.807) is 0 Å². The lowest BCUT2D eigenvalue weighted by molar-refractivity contribution is 0.968. The normalized spacial score (nSPS) is 13.0. The van der Waals surface area contributed by atoms with Crippen LogP contribution in [0.4, 0.5) is 11.4 Å². The standard InChI is InChI=1S/C45H31N3/c1-2-14-34(15-3-1)47(41-20-10-13-31-11-4-6-16-36(31)41)35-25-21-30(22-26-35)33-24-27-38-43(29-33)48-42-19-9-8-18-40(42)46-45(48)39-28-23-32-12-5-7-17-37(32)44(38)39/h1-9,11-12,14-29H,10,13H2. The lowest BCUT2D eigenvalue weighted by Gasteiger charge is -2.31. The molecule has 0 fully saturated rings. The summed E-state index contributed by atoms with van der Waals surface area (Å²) in [5, 5.41) is 6.16. The Labute approximate surface area is 278 Å². The lowest BCUT2D eigenvalue weighted by atomic mass is 9.93. The summed E-state index contributed by atoms with van der Waals surface area (Å²) in [6.45, 7) is 0. The van der Waals surface area contributed by atoms with Crippen molar-refractivity contribution in [1.29, 1.82) is 0 Å². The first-order chi connectivity index (χ1) is 23.8. The van der Waals surface area contributed by atoms with Gasteiger partial charge >= 0.3 is 0 Å². The van der Waals surface area contributed by atoms with Crippen molar-refractivity contribution in [1.82, 2.24) is 9.38 Å². The fourth-order valence-electron chi connectivity index (χ4n) is 7.79. The lowest BCUT2D eigenvalue weighted by Crippen LogP contribution is -2.18. The topological polar surface area (TPSA) is 20.5 Å². The second-order valence-corrected chi connectivity index (χ2v) is 12.7. The third-order valence-electron chi connectivity index (χ3n) is 10.00. The molecule has 48 heavy (non-hydrogen) atoms. The molecule has 2 heterocycles. The van der Waals surface area contributed by atoms with Gasteiger partial charge in [0.1, 0.15) is 5.65 Å². The molecule has 2 aromatic heterocycles. The molecule has 0 saturated carbocycles. The van der Waals surface area contributed by atoms with E-state index in [2.05, 4.69) is 173 Å². The fourth-order valence-corrected chi connectivity index (χ4v) is 7.79. The molecule has 1 aliphatic carbocycles. The summed E-state index contributed by atoms with van der Waals surface area (Å²) in [5.41, 5.74) is 12.9. The fraction of sp³-hybridized carbons (Fsp3) is 0.0444. The number of aryl methyl sites for hydroxylation is 1. The molecule has 0 spiro atoms. The summed E-state index contributed by atoms with van der Waals surface area (Å²) in [4.78, 5) is 7.58. The predicted octanol–water partition coefficient (Wildman–Crippen LogP) is 11.7. The van der Waals surface area contributed by atoms with Crippen molar-refractivity contribution < 1.29 is 0 Å². The van der Waals surface area contributed by atoms with Crippen LogP contribution in [0, 0.1) is 0 Å². The minimum absolute atomic E-state index is 0.997. The van der Waals surface area contributed by atoms with Crippen molar-refractivity contribution in [3.63, 3.8) is 0 Å². The van der Waals surface area contributed by atoms with E-state index < -0.39 is 0 Å². The highest BCUT2D eigenvalue weighted by atomic mass is 15.1. The van der Waals surface area contributed by atoms with E-state index in [4.69, 9.17) is 4.98 Å². The van der Waals surface area contributed by atoms with E-state index in [1.807, 2.05) is 0 Å². The average molecular weight is 614 g/mol. The van der Waals surface area contributed by atoms with Crippen LogP contribution in [0.25, 0.3) is 66.0 Å². The Kier molecular flexibility index (Phi) is 6.00. The van der Waals surface area contributed by atoms with E-state index >= 15 is 0 Å². The molecule has 0 aliphatic heterocycles. The number of hydrogen-bond donors (Lipinski definition) is 0. The molecule has 0 amide bonds. The third-order valence-corrected chi connectivity index (χ3v) is 10.00. The van der Waals surface area contributed by atoms with Crippen LogP contribution >= 0.6 is 0 Å². The molecule has 226 valence electrons. The van der Waals surface area contributed by atoms with Gasteiger partial charge in [0.15, 0.2) is 0 Å². The Morgan fingerprint density at radius 1 is 0.542 bits per heavy atom. The second-order valence-electron chi connectivity index (χ2n) is 12.7. The maximum atomic E-state index is 5.18. The number of fused-ring (bicyclic) bond motifs is 11. The van der Waals surface area contributed by atoms with E-state index in [-0.39, 0.29) is 0 Å². The SMILES string of the molecule is C1=C(N(c2ccccc2)c2ccc(-c3ccc4c5c6ccccc6ccc5c5nc6ccccc6n5c4c3)cc2)c2ccccc2CC1. The van der Waals surface area contributed by atoms with Crippen molar-refractivity contribution in [3.05, 3.63) is 175 Å². The van der Waals surface area contributed by atoms with E-state index in [0.29, 0.717) is 0 Å². The van der Waals surface area contributed by atoms with Gasteiger partial charge in [0.05, 0.1) is 16.6 Å². The van der Waals surface area contributed by atoms with Gasteiger partial charge in [-0.15, -0.1) is 0 Å². The zero-order valence-electron chi connectivity index (χ0n) is 26.3. The highest BCUT2D eigenvalue weighted by molar-refractivity contribution is 6.24. The first-order valence-electron chi connectivity index (χ1n) is 16.7. The summed E-state index contributed by atoms with van der Waals surface area (Å²) in [5.74, 6) is 0. The number of imidazole rings is 1. The van der Waals surface area contributed by atoms with Gasteiger partial charge in [-0.05, 0) is 88.8 Å². The average Bonchev–Trinajstić information content (AvgIpc) is 3.56. The zero-order chi connectivity index (χ0) is 31.6. The van der Waals surface area contributed by atoms with Gasteiger partial charge in [-0.3, -0.25) is 4.40 Å². The van der Waals surface area contributed by atoms with Crippen LogP contribution in [-0.2, 0) is 6.42 Å². The Morgan fingerprint density at radius 2 is 1.27 bits per heavy atom. The number of para-hydroxylation sites is 3. The summed E-state index contributed by atoms with van der Waals surface area (Å²) >= 11 is 0. The molecule has 9 aromatic rings. The maximum Gasteiger partial charge on any atom is 0.146 e. The van der Waals surface area contributed by atoms with Crippen molar-refractivity contribution in [3.8, 4) is 11.1 Å². The van der Waals surface area contributed by atoms with Gasteiger partial charge in [-0.25, -0.2) is 4.98 Å². The largest absolute Gasteiger partial charge is 0.310 e. The quantitative estimate of drug-likeness (QED) is 0.184. The van der Waals surface area contributed by atoms with Crippen LogP contribution < -0.4 is 4.90 Å². The van der Waals surface area contributed by atoms with Gasteiger partial charge < -0.3 is 4.90 Å². The number of allylic oxidation sites excluding steroid dienone is 1. The summed E-state index contributed by atoms with van der Waals surface area (Å²) in [6.07, 6.45) is 4.50. The van der Waals surface area contributed by atoms with Crippen molar-refractivity contribution >= 4 is 66.2 Å². The van der Waals surface area contributed by atoms with Crippen LogP contribution in [0.2, 0.25) is 0 Å². The summed E-state index contributed by atoms with van der Waals surface area (Å²) in [7, 11) is 0. The molecular weight excluding hydrogens is 583 g/mol. The van der Waals surface area contributed by atoms with Gasteiger partial charge in [-0.2, -0.15) is 0 Å². The minimum Gasteiger partial charge on any atom is -0.310 e.